The number of nitrogen functional groups attached to an aromatic ring is 1. The number of fused-ring (bicyclic) bond motifs is 1. The molecule has 3 aromatic heterocycles. The van der Waals surface area contributed by atoms with Crippen molar-refractivity contribution in [3.05, 3.63) is 45.5 Å². The van der Waals surface area contributed by atoms with Crippen LogP contribution in [-0.2, 0) is 6.54 Å². The van der Waals surface area contributed by atoms with Gasteiger partial charge in [-0.1, -0.05) is 25.4 Å². The third-order valence-corrected chi connectivity index (χ3v) is 4.47. The van der Waals surface area contributed by atoms with Crippen LogP contribution in [0.25, 0.3) is 11.0 Å². The number of hydrogen-bond donors (Lipinski definition) is 1. The number of aryl methyl sites for hydroxylation is 2. The molecule has 0 aliphatic heterocycles. The summed E-state index contributed by atoms with van der Waals surface area (Å²) in [5, 5.41) is 1.24. The van der Waals surface area contributed by atoms with Crippen molar-refractivity contribution >= 4 is 28.6 Å². The van der Waals surface area contributed by atoms with Crippen molar-refractivity contribution < 1.29 is 0 Å². The maximum absolute atomic E-state index is 6.20. The Morgan fingerprint density at radius 1 is 1.04 bits per heavy atom. The van der Waals surface area contributed by atoms with Crippen molar-refractivity contribution in [2.75, 3.05) is 5.73 Å². The average Bonchev–Trinajstić information content (AvgIpc) is 2.86. The molecule has 3 rings (SSSR count). The molecular weight excluding hydrogens is 322 g/mol. The molecule has 0 saturated carbocycles. The molecule has 24 heavy (non-hydrogen) atoms. The summed E-state index contributed by atoms with van der Waals surface area (Å²) in [4.78, 5) is 12.9. The zero-order valence-electron chi connectivity index (χ0n) is 15.1. The highest BCUT2D eigenvalue weighted by Gasteiger charge is 2.14. The third kappa shape index (κ3) is 3.22. The second kappa shape index (κ2) is 7.18. The minimum absolute atomic E-state index is 0.182. The van der Waals surface area contributed by atoms with Crippen molar-refractivity contribution in [1.29, 1.82) is 0 Å². The average molecular weight is 346 g/mol. The molecular formula is C18H24ClN5. The number of pyridine rings is 1. The lowest BCUT2D eigenvalue weighted by atomic mass is 10.0. The smallest absolute Gasteiger partial charge is 0.223 e. The maximum atomic E-state index is 6.20. The fourth-order valence-corrected chi connectivity index (χ4v) is 2.99. The highest BCUT2D eigenvalue weighted by Crippen LogP contribution is 2.27. The summed E-state index contributed by atoms with van der Waals surface area (Å²) in [7, 11) is 0. The highest BCUT2D eigenvalue weighted by molar-refractivity contribution is 6.34. The first-order valence-corrected chi connectivity index (χ1v) is 8.46. The van der Waals surface area contributed by atoms with E-state index in [2.05, 4.69) is 35.7 Å². The van der Waals surface area contributed by atoms with E-state index in [-0.39, 0.29) is 5.95 Å². The first kappa shape index (κ1) is 18.2. The largest absolute Gasteiger partial charge is 0.368 e. The standard InChI is InChI=1S/C16H18ClN5.C2H6/c1-8-5-19-12(11(4)10(8)3)7-22-6-9(2)13-14(17)20-16(18)21-15(13)22;1-2/h5-6H,7H2,1-4H3,(H2,18,20,21);1-2H3. The van der Waals surface area contributed by atoms with Crippen LogP contribution in [0.1, 0.15) is 41.8 Å². The van der Waals surface area contributed by atoms with E-state index in [0.29, 0.717) is 11.7 Å². The quantitative estimate of drug-likeness (QED) is 0.700. The zero-order chi connectivity index (χ0) is 18.0. The van der Waals surface area contributed by atoms with Gasteiger partial charge in [0.2, 0.25) is 5.95 Å². The Kier molecular flexibility index (Phi) is 5.44. The highest BCUT2D eigenvalue weighted by atomic mass is 35.5. The Balaban J connectivity index is 0.00000100. The second-order valence-corrected chi connectivity index (χ2v) is 6.01. The molecule has 0 saturated heterocycles. The minimum Gasteiger partial charge on any atom is -0.368 e. The molecule has 6 heteroatoms. The molecule has 0 fully saturated rings. The predicted molar refractivity (Wildman–Crippen MR) is 101 cm³/mol. The number of halogens is 1. The molecule has 0 bridgehead atoms. The van der Waals surface area contributed by atoms with E-state index in [1.165, 1.54) is 16.7 Å². The van der Waals surface area contributed by atoms with Crippen LogP contribution < -0.4 is 5.73 Å². The lowest BCUT2D eigenvalue weighted by molar-refractivity contribution is 0.784. The number of aromatic nitrogens is 4. The summed E-state index contributed by atoms with van der Waals surface area (Å²) in [6, 6.07) is 0. The van der Waals surface area contributed by atoms with Gasteiger partial charge in [0, 0.05) is 12.4 Å². The van der Waals surface area contributed by atoms with Gasteiger partial charge in [-0.05, 0) is 49.9 Å². The van der Waals surface area contributed by atoms with Gasteiger partial charge in [-0.25, -0.2) is 4.98 Å². The Labute approximate surface area is 147 Å². The molecule has 0 spiro atoms. The van der Waals surface area contributed by atoms with Gasteiger partial charge in [0.25, 0.3) is 0 Å². The van der Waals surface area contributed by atoms with Gasteiger partial charge < -0.3 is 10.3 Å². The van der Waals surface area contributed by atoms with Gasteiger partial charge in [0.05, 0.1) is 17.6 Å². The lowest BCUT2D eigenvalue weighted by Crippen LogP contribution is -2.06. The van der Waals surface area contributed by atoms with Gasteiger partial charge in [0.15, 0.2) is 0 Å². The van der Waals surface area contributed by atoms with E-state index in [1.54, 1.807) is 0 Å². The molecule has 2 N–H and O–H groups in total. The van der Waals surface area contributed by atoms with Crippen molar-refractivity contribution in [1.82, 2.24) is 19.5 Å². The van der Waals surface area contributed by atoms with Gasteiger partial charge in [-0.3, -0.25) is 4.98 Å². The summed E-state index contributed by atoms with van der Waals surface area (Å²) >= 11 is 6.20. The molecule has 3 aromatic rings. The second-order valence-electron chi connectivity index (χ2n) is 5.65. The van der Waals surface area contributed by atoms with Crippen LogP contribution in [0.5, 0.6) is 0 Å². The number of hydrogen-bond acceptors (Lipinski definition) is 4. The van der Waals surface area contributed by atoms with E-state index < -0.39 is 0 Å². The molecule has 0 unspecified atom stereocenters. The van der Waals surface area contributed by atoms with Crippen LogP contribution in [0.15, 0.2) is 12.4 Å². The predicted octanol–water partition coefficient (Wildman–Crippen LogP) is 4.37. The van der Waals surface area contributed by atoms with Crippen molar-refractivity contribution in [3.8, 4) is 0 Å². The molecule has 5 nitrogen and oxygen atoms in total. The van der Waals surface area contributed by atoms with E-state index >= 15 is 0 Å². The Hall–Kier alpha value is -2.14. The Bertz CT molecular complexity index is 883. The summed E-state index contributed by atoms with van der Waals surface area (Å²) in [5.41, 5.74) is 12.2. The summed E-state index contributed by atoms with van der Waals surface area (Å²) in [6.45, 7) is 12.9. The number of nitrogens with two attached hydrogens (primary N) is 1. The van der Waals surface area contributed by atoms with E-state index in [4.69, 9.17) is 17.3 Å². The molecule has 0 radical (unpaired) electrons. The van der Waals surface area contributed by atoms with Gasteiger partial charge >= 0.3 is 0 Å². The zero-order valence-corrected chi connectivity index (χ0v) is 15.9. The van der Waals surface area contributed by atoms with Crippen LogP contribution in [0, 0.1) is 27.7 Å². The lowest BCUT2D eigenvalue weighted by Gasteiger charge is -2.11. The van der Waals surface area contributed by atoms with Crippen molar-refractivity contribution in [2.45, 2.75) is 48.1 Å². The van der Waals surface area contributed by atoms with Gasteiger partial charge in [-0.2, -0.15) is 4.98 Å². The molecule has 0 amide bonds. The van der Waals surface area contributed by atoms with Crippen LogP contribution >= 0.6 is 11.6 Å². The Morgan fingerprint density at radius 2 is 1.71 bits per heavy atom. The van der Waals surface area contributed by atoms with Crippen molar-refractivity contribution in [2.24, 2.45) is 0 Å². The molecule has 0 atom stereocenters. The minimum atomic E-state index is 0.182. The van der Waals surface area contributed by atoms with Crippen LogP contribution in [0.2, 0.25) is 5.15 Å². The monoisotopic (exact) mass is 345 g/mol. The fraction of sp³-hybridized carbons (Fsp3) is 0.389. The van der Waals surface area contributed by atoms with Gasteiger partial charge in [-0.15, -0.1) is 0 Å². The maximum Gasteiger partial charge on any atom is 0.223 e. The molecule has 3 heterocycles. The number of nitrogens with zero attached hydrogens (tertiary/aromatic N) is 4. The number of rotatable bonds is 2. The van der Waals surface area contributed by atoms with E-state index in [0.717, 1.165) is 22.3 Å². The molecule has 128 valence electrons. The van der Waals surface area contributed by atoms with E-state index in [1.807, 2.05) is 37.7 Å². The van der Waals surface area contributed by atoms with Crippen LogP contribution in [0.3, 0.4) is 0 Å². The topological polar surface area (TPSA) is 69.6 Å². The number of anilines is 1. The molecule has 0 aromatic carbocycles. The van der Waals surface area contributed by atoms with E-state index in [9.17, 15) is 0 Å². The summed E-state index contributed by atoms with van der Waals surface area (Å²) in [6.07, 6.45) is 3.92. The van der Waals surface area contributed by atoms with Crippen LogP contribution in [0.4, 0.5) is 5.95 Å². The van der Waals surface area contributed by atoms with Gasteiger partial charge in [0.1, 0.15) is 10.8 Å². The summed E-state index contributed by atoms with van der Waals surface area (Å²) < 4.78 is 2.03. The Morgan fingerprint density at radius 3 is 2.38 bits per heavy atom. The molecule has 0 aliphatic rings. The van der Waals surface area contributed by atoms with Crippen molar-refractivity contribution in [3.63, 3.8) is 0 Å². The van der Waals surface area contributed by atoms with Crippen LogP contribution in [-0.4, -0.2) is 19.5 Å². The third-order valence-electron chi connectivity index (χ3n) is 4.20. The first-order valence-electron chi connectivity index (χ1n) is 8.08. The SMILES string of the molecule is CC.Cc1cnc(Cn2cc(C)c3c(Cl)nc(N)nc32)c(C)c1C. The normalized spacial score (nSPS) is 10.6. The molecule has 0 aliphatic carbocycles. The fourth-order valence-electron chi connectivity index (χ4n) is 2.67. The summed E-state index contributed by atoms with van der Waals surface area (Å²) in [5.74, 6) is 0.182. The first-order chi connectivity index (χ1) is 11.4.